The molecule has 0 aliphatic carbocycles. The molecular formula is C25H20ClN3. The first-order chi connectivity index (χ1) is 14.1. The molecule has 29 heavy (non-hydrogen) atoms. The zero-order chi connectivity index (χ0) is 20.0. The highest BCUT2D eigenvalue weighted by molar-refractivity contribution is 6.30. The van der Waals surface area contributed by atoms with Crippen molar-refractivity contribution in [3.8, 4) is 16.9 Å². The number of halogens is 1. The Morgan fingerprint density at radius 3 is 2.38 bits per heavy atom. The Morgan fingerprint density at radius 2 is 1.66 bits per heavy atom. The van der Waals surface area contributed by atoms with E-state index in [1.165, 1.54) is 11.1 Å². The van der Waals surface area contributed by atoms with E-state index in [9.17, 15) is 0 Å². The van der Waals surface area contributed by atoms with Gasteiger partial charge in [0.05, 0.1) is 16.7 Å². The lowest BCUT2D eigenvalue weighted by atomic mass is 10.0. The molecule has 0 spiro atoms. The van der Waals surface area contributed by atoms with Gasteiger partial charge in [0.25, 0.3) is 0 Å². The summed E-state index contributed by atoms with van der Waals surface area (Å²) in [5.74, 6) is 0. The third-order valence-electron chi connectivity index (χ3n) is 5.38. The smallest absolute Gasteiger partial charge is 0.102 e. The molecule has 142 valence electrons. The van der Waals surface area contributed by atoms with Gasteiger partial charge in [0, 0.05) is 27.6 Å². The van der Waals surface area contributed by atoms with Crippen LogP contribution in [0, 0.1) is 6.92 Å². The molecule has 3 nitrogen and oxygen atoms in total. The van der Waals surface area contributed by atoms with Crippen molar-refractivity contribution in [1.29, 1.82) is 0 Å². The van der Waals surface area contributed by atoms with Crippen LogP contribution in [-0.2, 0) is 6.42 Å². The van der Waals surface area contributed by atoms with Crippen molar-refractivity contribution in [2.24, 2.45) is 0 Å². The van der Waals surface area contributed by atoms with Crippen LogP contribution in [0.2, 0.25) is 5.02 Å². The van der Waals surface area contributed by atoms with E-state index in [0.29, 0.717) is 5.02 Å². The van der Waals surface area contributed by atoms with E-state index >= 15 is 0 Å². The number of fused-ring (bicyclic) bond motifs is 3. The summed E-state index contributed by atoms with van der Waals surface area (Å²) in [5, 5.41) is 7.90. The number of benzene rings is 3. The van der Waals surface area contributed by atoms with Crippen LogP contribution >= 0.6 is 11.6 Å². The molecular weight excluding hydrogens is 378 g/mol. The molecule has 0 fully saturated rings. The highest BCUT2D eigenvalue weighted by atomic mass is 35.5. The van der Waals surface area contributed by atoms with Gasteiger partial charge in [-0.3, -0.25) is 4.98 Å². The molecule has 0 aliphatic heterocycles. The molecule has 0 aliphatic rings. The maximum Gasteiger partial charge on any atom is 0.102 e. The first kappa shape index (κ1) is 17.9. The number of rotatable bonds is 3. The lowest BCUT2D eigenvalue weighted by Crippen LogP contribution is -1.97. The number of hydrogen-bond donors (Lipinski definition) is 0. The minimum Gasteiger partial charge on any atom is -0.255 e. The fraction of sp³-hybridized carbons (Fsp3) is 0.120. The first-order valence-electron chi connectivity index (χ1n) is 9.77. The number of aromatic nitrogens is 3. The molecule has 5 aromatic rings. The third-order valence-corrected chi connectivity index (χ3v) is 5.63. The molecule has 0 N–H and O–H groups in total. The number of aryl methyl sites for hydroxylation is 2. The van der Waals surface area contributed by atoms with Crippen LogP contribution in [0.3, 0.4) is 0 Å². The van der Waals surface area contributed by atoms with E-state index in [1.807, 2.05) is 35.1 Å². The van der Waals surface area contributed by atoms with E-state index in [2.05, 4.69) is 56.3 Å². The van der Waals surface area contributed by atoms with Gasteiger partial charge in [-0.25, -0.2) is 4.68 Å². The fourth-order valence-electron chi connectivity index (χ4n) is 3.74. The average Bonchev–Trinajstić information content (AvgIpc) is 3.14. The molecule has 0 saturated carbocycles. The van der Waals surface area contributed by atoms with Crippen molar-refractivity contribution >= 4 is 33.4 Å². The Balaban J connectivity index is 1.88. The Morgan fingerprint density at radius 1 is 0.897 bits per heavy atom. The molecule has 3 aromatic carbocycles. The van der Waals surface area contributed by atoms with Crippen LogP contribution in [-0.4, -0.2) is 14.8 Å². The van der Waals surface area contributed by atoms with Gasteiger partial charge in [0.15, 0.2) is 0 Å². The molecule has 0 saturated heterocycles. The van der Waals surface area contributed by atoms with Crippen LogP contribution in [0.15, 0.2) is 72.9 Å². The van der Waals surface area contributed by atoms with Crippen molar-refractivity contribution in [2.45, 2.75) is 20.3 Å². The van der Waals surface area contributed by atoms with Crippen LogP contribution in [0.5, 0.6) is 0 Å². The highest BCUT2D eigenvalue weighted by Crippen LogP contribution is 2.34. The standard InChI is InChI=1S/C25H20ClN3/c1-3-17-6-13-23-21(14-17)25-22(15-27-23)24(18-7-4-16(2)5-8-18)28-29(25)20-11-9-19(26)10-12-20/h4-15H,3H2,1-2H3. The maximum absolute atomic E-state index is 6.13. The van der Waals surface area contributed by atoms with Gasteiger partial charge in [0.2, 0.25) is 0 Å². The summed E-state index contributed by atoms with van der Waals surface area (Å²) in [7, 11) is 0. The van der Waals surface area contributed by atoms with Gasteiger partial charge < -0.3 is 0 Å². The molecule has 0 unspecified atom stereocenters. The van der Waals surface area contributed by atoms with Crippen molar-refractivity contribution in [3.63, 3.8) is 0 Å². The molecule has 0 amide bonds. The summed E-state index contributed by atoms with van der Waals surface area (Å²) >= 11 is 6.13. The third kappa shape index (κ3) is 3.08. The van der Waals surface area contributed by atoms with Crippen molar-refractivity contribution in [1.82, 2.24) is 14.8 Å². The molecule has 0 bridgehead atoms. The zero-order valence-electron chi connectivity index (χ0n) is 16.4. The summed E-state index contributed by atoms with van der Waals surface area (Å²) in [5.41, 5.74) is 7.56. The predicted octanol–water partition coefficient (Wildman–Crippen LogP) is 6.76. The lowest BCUT2D eigenvalue weighted by molar-refractivity contribution is 0.917. The summed E-state index contributed by atoms with van der Waals surface area (Å²) in [6.45, 7) is 4.26. The van der Waals surface area contributed by atoms with E-state index in [1.54, 1.807) is 0 Å². The van der Waals surface area contributed by atoms with Gasteiger partial charge in [0.1, 0.15) is 5.69 Å². The van der Waals surface area contributed by atoms with Crippen LogP contribution < -0.4 is 0 Å². The van der Waals surface area contributed by atoms with E-state index < -0.39 is 0 Å². The Kier molecular flexibility index (Phi) is 4.33. The molecule has 2 aromatic heterocycles. The Hall–Kier alpha value is -3.17. The van der Waals surface area contributed by atoms with Gasteiger partial charge in [-0.1, -0.05) is 54.4 Å². The summed E-state index contributed by atoms with van der Waals surface area (Å²) in [6, 6.07) is 22.8. The quantitative estimate of drug-likeness (QED) is 0.336. The van der Waals surface area contributed by atoms with Gasteiger partial charge in [-0.2, -0.15) is 5.10 Å². The van der Waals surface area contributed by atoms with Gasteiger partial charge >= 0.3 is 0 Å². The van der Waals surface area contributed by atoms with E-state index in [4.69, 9.17) is 21.7 Å². The van der Waals surface area contributed by atoms with Crippen molar-refractivity contribution in [3.05, 3.63) is 89.1 Å². The Labute approximate surface area is 174 Å². The highest BCUT2D eigenvalue weighted by Gasteiger charge is 2.17. The second-order valence-electron chi connectivity index (χ2n) is 7.33. The van der Waals surface area contributed by atoms with Crippen LogP contribution in [0.1, 0.15) is 18.1 Å². The SMILES string of the molecule is CCc1ccc2ncc3c(-c4ccc(C)cc4)nn(-c4ccc(Cl)cc4)c3c2c1. The van der Waals surface area contributed by atoms with Crippen LogP contribution in [0.4, 0.5) is 0 Å². The van der Waals surface area contributed by atoms with Gasteiger partial charge in [-0.05, 0) is 55.3 Å². The second-order valence-corrected chi connectivity index (χ2v) is 7.76. The normalized spacial score (nSPS) is 11.4. The zero-order valence-corrected chi connectivity index (χ0v) is 17.1. The molecule has 0 atom stereocenters. The number of hydrogen-bond acceptors (Lipinski definition) is 2. The van der Waals surface area contributed by atoms with Crippen molar-refractivity contribution < 1.29 is 0 Å². The number of pyridine rings is 1. The maximum atomic E-state index is 6.13. The summed E-state index contributed by atoms with van der Waals surface area (Å²) in [6.07, 6.45) is 2.92. The molecule has 5 rings (SSSR count). The first-order valence-corrected chi connectivity index (χ1v) is 10.1. The predicted molar refractivity (Wildman–Crippen MR) is 121 cm³/mol. The summed E-state index contributed by atoms with van der Waals surface area (Å²) < 4.78 is 2.02. The molecule has 4 heteroatoms. The second kappa shape index (κ2) is 7.02. The minimum atomic E-state index is 0.712. The monoisotopic (exact) mass is 397 g/mol. The number of nitrogens with zero attached hydrogens (tertiary/aromatic N) is 3. The lowest BCUT2D eigenvalue weighted by Gasteiger charge is -2.07. The van der Waals surface area contributed by atoms with Gasteiger partial charge in [-0.15, -0.1) is 0 Å². The average molecular weight is 398 g/mol. The topological polar surface area (TPSA) is 30.7 Å². The fourth-order valence-corrected chi connectivity index (χ4v) is 3.87. The Bertz CT molecular complexity index is 1330. The summed E-state index contributed by atoms with van der Waals surface area (Å²) in [4.78, 5) is 4.74. The van der Waals surface area contributed by atoms with Crippen LogP contribution in [0.25, 0.3) is 38.8 Å². The van der Waals surface area contributed by atoms with Crippen molar-refractivity contribution in [2.75, 3.05) is 0 Å². The molecule has 2 heterocycles. The van der Waals surface area contributed by atoms with E-state index in [-0.39, 0.29) is 0 Å². The largest absolute Gasteiger partial charge is 0.255 e. The molecule has 0 radical (unpaired) electrons. The van der Waals surface area contributed by atoms with E-state index in [0.717, 1.165) is 45.2 Å². The minimum absolute atomic E-state index is 0.712.